The van der Waals surface area contributed by atoms with Gasteiger partial charge in [-0.15, -0.1) is 0 Å². The number of benzene rings is 1. The van der Waals surface area contributed by atoms with E-state index in [2.05, 4.69) is 4.98 Å². The number of aliphatic hydroxyl groups is 1. The van der Waals surface area contributed by atoms with Crippen LogP contribution in [0.3, 0.4) is 0 Å². The van der Waals surface area contributed by atoms with Crippen LogP contribution >= 0.6 is 0 Å². The van der Waals surface area contributed by atoms with Crippen molar-refractivity contribution in [2.75, 3.05) is 14.2 Å². The highest BCUT2D eigenvalue weighted by molar-refractivity contribution is 5.42. The Bertz CT molecular complexity index is 566. The van der Waals surface area contributed by atoms with Gasteiger partial charge in [0.25, 0.3) is 0 Å². The van der Waals surface area contributed by atoms with Gasteiger partial charge in [-0.25, -0.2) is 0 Å². The first-order valence-corrected chi connectivity index (χ1v) is 6.45. The van der Waals surface area contributed by atoms with Crippen molar-refractivity contribution in [1.29, 1.82) is 0 Å². The first-order chi connectivity index (χ1) is 9.63. The zero-order valence-electron chi connectivity index (χ0n) is 12.0. The molecule has 2 rings (SSSR count). The minimum absolute atomic E-state index is 0.434. The molecular formula is C16H19NO3. The topological polar surface area (TPSA) is 51.6 Å². The Balaban J connectivity index is 2.23. The van der Waals surface area contributed by atoms with Crippen LogP contribution in [0.5, 0.6) is 11.5 Å². The van der Waals surface area contributed by atoms with Crippen LogP contribution in [0, 0.1) is 6.92 Å². The summed E-state index contributed by atoms with van der Waals surface area (Å²) < 4.78 is 10.5. The average Bonchev–Trinajstić information content (AvgIpc) is 2.48. The van der Waals surface area contributed by atoms with E-state index in [1.165, 1.54) is 0 Å². The predicted octanol–water partition coefficient (Wildman–Crippen LogP) is 2.68. The van der Waals surface area contributed by atoms with Gasteiger partial charge in [-0.05, 0) is 36.8 Å². The average molecular weight is 273 g/mol. The number of aliphatic hydroxyl groups excluding tert-OH is 1. The molecule has 1 atom stereocenters. The van der Waals surface area contributed by atoms with Gasteiger partial charge in [-0.2, -0.15) is 0 Å². The quantitative estimate of drug-likeness (QED) is 0.910. The van der Waals surface area contributed by atoms with Gasteiger partial charge in [-0.1, -0.05) is 6.07 Å². The lowest BCUT2D eigenvalue weighted by atomic mass is 10.0. The van der Waals surface area contributed by atoms with E-state index < -0.39 is 6.10 Å². The Labute approximate surface area is 119 Å². The van der Waals surface area contributed by atoms with Gasteiger partial charge in [0, 0.05) is 23.9 Å². The highest BCUT2D eigenvalue weighted by atomic mass is 16.5. The summed E-state index contributed by atoms with van der Waals surface area (Å²) in [6.07, 6.45) is 1.55. The van der Waals surface area contributed by atoms with Gasteiger partial charge < -0.3 is 14.6 Å². The molecule has 20 heavy (non-hydrogen) atoms. The maximum Gasteiger partial charge on any atom is 0.124 e. The molecule has 0 spiro atoms. The zero-order valence-corrected chi connectivity index (χ0v) is 12.0. The molecule has 0 aliphatic carbocycles. The molecule has 0 fully saturated rings. The first kappa shape index (κ1) is 14.3. The summed E-state index contributed by atoms with van der Waals surface area (Å²) in [5, 5.41) is 10.4. The SMILES string of the molecule is COc1ccc(OC)c(C(O)Cc2ccc(C)cn2)c1. The largest absolute Gasteiger partial charge is 0.497 e. The molecule has 0 amide bonds. The van der Waals surface area contributed by atoms with Gasteiger partial charge in [0.1, 0.15) is 11.5 Å². The van der Waals surface area contributed by atoms with E-state index in [1.54, 1.807) is 38.6 Å². The number of rotatable bonds is 5. The highest BCUT2D eigenvalue weighted by Crippen LogP contribution is 2.30. The summed E-state index contributed by atoms with van der Waals surface area (Å²) in [7, 11) is 3.18. The van der Waals surface area contributed by atoms with Crippen LogP contribution in [0.1, 0.15) is 22.9 Å². The third kappa shape index (κ3) is 3.27. The first-order valence-electron chi connectivity index (χ1n) is 6.45. The Hall–Kier alpha value is -2.07. The molecule has 106 valence electrons. The second-order valence-corrected chi connectivity index (χ2v) is 4.65. The summed E-state index contributed by atoms with van der Waals surface area (Å²) in [6, 6.07) is 9.29. The Kier molecular flexibility index (Phi) is 4.58. The molecule has 1 heterocycles. The van der Waals surface area contributed by atoms with Gasteiger partial charge in [-0.3, -0.25) is 4.98 Å². The van der Waals surface area contributed by atoms with Crippen LogP contribution in [0.25, 0.3) is 0 Å². The third-order valence-corrected chi connectivity index (χ3v) is 3.17. The lowest BCUT2D eigenvalue weighted by molar-refractivity contribution is 0.172. The van der Waals surface area contributed by atoms with Gasteiger partial charge in [0.2, 0.25) is 0 Å². The number of hydrogen-bond donors (Lipinski definition) is 1. The molecule has 1 unspecified atom stereocenters. The van der Waals surface area contributed by atoms with Crippen LogP contribution in [-0.2, 0) is 6.42 Å². The van der Waals surface area contributed by atoms with Crippen molar-refractivity contribution >= 4 is 0 Å². The standard InChI is InChI=1S/C16H19NO3/c1-11-4-5-12(17-10-11)8-15(18)14-9-13(19-2)6-7-16(14)20-3/h4-7,9-10,15,18H,8H2,1-3H3. The minimum atomic E-state index is -0.685. The van der Waals surface area contributed by atoms with Crippen LogP contribution in [0.4, 0.5) is 0 Å². The Morgan fingerprint density at radius 3 is 2.55 bits per heavy atom. The number of methoxy groups -OCH3 is 2. The third-order valence-electron chi connectivity index (χ3n) is 3.17. The molecule has 1 N–H and O–H groups in total. The van der Waals surface area contributed by atoms with E-state index >= 15 is 0 Å². The predicted molar refractivity (Wildman–Crippen MR) is 77.2 cm³/mol. The van der Waals surface area contributed by atoms with Crippen molar-refractivity contribution in [2.45, 2.75) is 19.4 Å². The van der Waals surface area contributed by atoms with E-state index in [9.17, 15) is 5.11 Å². The molecule has 0 aliphatic rings. The molecule has 4 nitrogen and oxygen atoms in total. The van der Waals surface area contributed by atoms with E-state index in [1.807, 2.05) is 19.1 Å². The van der Waals surface area contributed by atoms with Crippen LogP contribution in [-0.4, -0.2) is 24.3 Å². The lowest BCUT2D eigenvalue weighted by Gasteiger charge is -2.15. The molecule has 0 saturated carbocycles. The van der Waals surface area contributed by atoms with Crippen molar-refractivity contribution in [3.05, 3.63) is 53.3 Å². The van der Waals surface area contributed by atoms with Crippen molar-refractivity contribution < 1.29 is 14.6 Å². The van der Waals surface area contributed by atoms with Crippen LogP contribution < -0.4 is 9.47 Å². The van der Waals surface area contributed by atoms with Crippen molar-refractivity contribution in [3.8, 4) is 11.5 Å². The maximum atomic E-state index is 10.4. The van der Waals surface area contributed by atoms with E-state index in [0.29, 0.717) is 23.5 Å². The van der Waals surface area contributed by atoms with E-state index in [4.69, 9.17) is 9.47 Å². The highest BCUT2D eigenvalue weighted by Gasteiger charge is 2.15. The molecule has 0 aliphatic heterocycles. The number of aromatic nitrogens is 1. The summed E-state index contributed by atoms with van der Waals surface area (Å²) in [4.78, 5) is 4.31. The van der Waals surface area contributed by atoms with E-state index in [0.717, 1.165) is 11.3 Å². The fourth-order valence-electron chi connectivity index (χ4n) is 2.03. The second-order valence-electron chi connectivity index (χ2n) is 4.65. The smallest absolute Gasteiger partial charge is 0.124 e. The summed E-state index contributed by atoms with van der Waals surface area (Å²) >= 11 is 0. The summed E-state index contributed by atoms with van der Waals surface area (Å²) in [5.41, 5.74) is 2.64. The minimum Gasteiger partial charge on any atom is -0.497 e. The van der Waals surface area contributed by atoms with Crippen LogP contribution in [0.2, 0.25) is 0 Å². The number of nitrogens with zero attached hydrogens (tertiary/aromatic N) is 1. The Morgan fingerprint density at radius 2 is 1.95 bits per heavy atom. The van der Waals surface area contributed by atoms with Gasteiger partial charge >= 0.3 is 0 Å². The number of pyridine rings is 1. The molecule has 4 heteroatoms. The van der Waals surface area contributed by atoms with Crippen molar-refractivity contribution in [2.24, 2.45) is 0 Å². The molecule has 0 bridgehead atoms. The lowest BCUT2D eigenvalue weighted by Crippen LogP contribution is -2.06. The van der Waals surface area contributed by atoms with Crippen molar-refractivity contribution in [3.63, 3.8) is 0 Å². The van der Waals surface area contributed by atoms with Crippen molar-refractivity contribution in [1.82, 2.24) is 4.98 Å². The molecule has 1 aromatic heterocycles. The summed E-state index contributed by atoms with van der Waals surface area (Å²) in [5.74, 6) is 1.34. The van der Waals surface area contributed by atoms with Crippen LogP contribution in [0.15, 0.2) is 36.5 Å². The molecule has 0 radical (unpaired) electrons. The summed E-state index contributed by atoms with van der Waals surface area (Å²) in [6.45, 7) is 1.98. The van der Waals surface area contributed by atoms with Gasteiger partial charge in [0.15, 0.2) is 0 Å². The zero-order chi connectivity index (χ0) is 14.5. The Morgan fingerprint density at radius 1 is 1.15 bits per heavy atom. The van der Waals surface area contributed by atoms with Gasteiger partial charge in [0.05, 0.1) is 20.3 Å². The fourth-order valence-corrected chi connectivity index (χ4v) is 2.03. The number of aryl methyl sites for hydroxylation is 1. The molecule has 0 saturated heterocycles. The fraction of sp³-hybridized carbons (Fsp3) is 0.312. The second kappa shape index (κ2) is 6.39. The molecular weight excluding hydrogens is 254 g/mol. The number of ether oxygens (including phenoxy) is 2. The normalized spacial score (nSPS) is 12.0. The molecule has 1 aromatic carbocycles. The monoisotopic (exact) mass is 273 g/mol. The van der Waals surface area contributed by atoms with E-state index in [-0.39, 0.29) is 0 Å². The maximum absolute atomic E-state index is 10.4. The number of hydrogen-bond acceptors (Lipinski definition) is 4. The molecule has 2 aromatic rings.